The minimum Gasteiger partial charge on any atom is -0.464 e. The van der Waals surface area contributed by atoms with Gasteiger partial charge >= 0.3 is 5.97 Å². The second kappa shape index (κ2) is 8.84. The molecular formula is C21H26N2O4S. The monoisotopic (exact) mass is 402 g/mol. The number of thiazole rings is 1. The van der Waals surface area contributed by atoms with E-state index in [4.69, 9.17) is 9.47 Å². The van der Waals surface area contributed by atoms with E-state index in [1.54, 1.807) is 0 Å². The van der Waals surface area contributed by atoms with Crippen LogP contribution in [0.25, 0.3) is 0 Å². The Morgan fingerprint density at radius 2 is 1.93 bits per heavy atom. The molecular weight excluding hydrogens is 376 g/mol. The van der Waals surface area contributed by atoms with Crippen LogP contribution in [0.2, 0.25) is 0 Å². The third kappa shape index (κ3) is 4.25. The van der Waals surface area contributed by atoms with E-state index in [-0.39, 0.29) is 11.6 Å². The van der Waals surface area contributed by atoms with Crippen LogP contribution in [0.3, 0.4) is 0 Å². The fourth-order valence-electron chi connectivity index (χ4n) is 3.51. The zero-order valence-electron chi connectivity index (χ0n) is 16.5. The number of ether oxygens (including phenoxy) is 2. The zero-order valence-corrected chi connectivity index (χ0v) is 17.3. The second-order valence-electron chi connectivity index (χ2n) is 7.39. The summed E-state index contributed by atoms with van der Waals surface area (Å²) in [4.78, 5) is 30.7. The second-order valence-corrected chi connectivity index (χ2v) is 8.48. The fraction of sp³-hybridized carbons (Fsp3) is 0.476. The minimum atomic E-state index is -0.658. The zero-order chi connectivity index (χ0) is 20.1. The Bertz CT molecular complexity index is 826. The van der Waals surface area contributed by atoms with Crippen LogP contribution in [0.1, 0.15) is 47.6 Å². The van der Waals surface area contributed by atoms with Crippen molar-refractivity contribution in [3.63, 3.8) is 0 Å². The lowest BCUT2D eigenvalue weighted by Crippen LogP contribution is -2.44. The Kier molecular flexibility index (Phi) is 6.46. The van der Waals surface area contributed by atoms with Crippen molar-refractivity contribution in [2.24, 2.45) is 5.92 Å². The number of carbonyl (C=O) groups excluding carboxylic acids is 2. The summed E-state index contributed by atoms with van der Waals surface area (Å²) in [7, 11) is 1.34. The molecule has 2 aromatic rings. The van der Waals surface area contributed by atoms with Gasteiger partial charge in [0.25, 0.3) is 0 Å². The number of amides is 1. The van der Waals surface area contributed by atoms with Gasteiger partial charge in [-0.15, -0.1) is 11.3 Å². The highest BCUT2D eigenvalue weighted by atomic mass is 32.1. The van der Waals surface area contributed by atoms with Crippen molar-refractivity contribution in [3.05, 3.63) is 46.5 Å². The molecule has 1 aliphatic heterocycles. The Hall–Kier alpha value is -2.25. The van der Waals surface area contributed by atoms with Gasteiger partial charge in [-0.3, -0.25) is 4.79 Å². The third-order valence-electron chi connectivity index (χ3n) is 5.00. The molecule has 3 rings (SSSR count). The van der Waals surface area contributed by atoms with Crippen molar-refractivity contribution in [1.29, 1.82) is 0 Å². The number of hydrogen-bond acceptors (Lipinski definition) is 6. The Labute approximate surface area is 169 Å². The van der Waals surface area contributed by atoms with E-state index in [9.17, 15) is 9.59 Å². The molecule has 1 N–H and O–H groups in total. The van der Waals surface area contributed by atoms with Crippen LogP contribution in [0.15, 0.2) is 30.3 Å². The lowest BCUT2D eigenvalue weighted by molar-refractivity contribution is -0.125. The maximum Gasteiger partial charge on any atom is 0.357 e. The molecule has 0 saturated carbocycles. The Morgan fingerprint density at radius 3 is 2.54 bits per heavy atom. The summed E-state index contributed by atoms with van der Waals surface area (Å²) < 4.78 is 10.4. The molecule has 1 aromatic carbocycles. The number of hydrogen-bond donors (Lipinski definition) is 1. The molecule has 2 heterocycles. The number of benzene rings is 1. The molecule has 150 valence electrons. The summed E-state index contributed by atoms with van der Waals surface area (Å²) in [5, 5.41) is 3.40. The highest BCUT2D eigenvalue weighted by Crippen LogP contribution is 2.37. The van der Waals surface area contributed by atoms with Crippen molar-refractivity contribution < 1.29 is 19.1 Å². The van der Waals surface area contributed by atoms with Crippen LogP contribution in [0.4, 0.5) is 5.13 Å². The van der Waals surface area contributed by atoms with Gasteiger partial charge in [0.2, 0.25) is 5.91 Å². The summed E-state index contributed by atoms with van der Waals surface area (Å²) >= 11 is 1.34. The molecule has 0 unspecified atom stereocenters. The lowest BCUT2D eigenvalue weighted by Gasteiger charge is -2.35. The van der Waals surface area contributed by atoms with Gasteiger partial charge in [0.1, 0.15) is 0 Å². The maximum absolute atomic E-state index is 13.4. The summed E-state index contributed by atoms with van der Waals surface area (Å²) in [5.41, 5.74) is 0.606. The van der Waals surface area contributed by atoms with Crippen molar-refractivity contribution >= 4 is 28.3 Å². The number of anilines is 1. The van der Waals surface area contributed by atoms with Gasteiger partial charge < -0.3 is 14.8 Å². The quantitative estimate of drug-likeness (QED) is 0.744. The largest absolute Gasteiger partial charge is 0.464 e. The molecule has 0 aliphatic carbocycles. The molecule has 0 atom stereocenters. The van der Waals surface area contributed by atoms with Crippen LogP contribution in [-0.4, -0.2) is 37.2 Å². The van der Waals surface area contributed by atoms with E-state index in [1.165, 1.54) is 18.4 Å². The number of rotatable bonds is 6. The van der Waals surface area contributed by atoms with Crippen LogP contribution in [0.5, 0.6) is 0 Å². The van der Waals surface area contributed by atoms with Crippen molar-refractivity contribution in [2.45, 2.75) is 38.5 Å². The van der Waals surface area contributed by atoms with Gasteiger partial charge in [-0.1, -0.05) is 44.2 Å². The number of nitrogens with one attached hydrogen (secondary N) is 1. The van der Waals surface area contributed by atoms with Gasteiger partial charge in [0.15, 0.2) is 10.8 Å². The average Bonchev–Trinajstić information content (AvgIpc) is 3.09. The number of methoxy groups -OCH3 is 1. The first-order valence-corrected chi connectivity index (χ1v) is 10.3. The predicted octanol–water partition coefficient (Wildman–Crippen LogP) is 3.82. The van der Waals surface area contributed by atoms with Gasteiger partial charge in [-0.2, -0.15) is 0 Å². The maximum atomic E-state index is 13.4. The smallest absolute Gasteiger partial charge is 0.357 e. The van der Waals surface area contributed by atoms with Crippen molar-refractivity contribution in [2.75, 3.05) is 25.6 Å². The predicted molar refractivity (Wildman–Crippen MR) is 109 cm³/mol. The first-order valence-electron chi connectivity index (χ1n) is 9.49. The summed E-state index contributed by atoms with van der Waals surface area (Å²) in [6.45, 7) is 5.22. The molecule has 1 amide bonds. The van der Waals surface area contributed by atoms with Gasteiger partial charge in [-0.25, -0.2) is 9.78 Å². The summed E-state index contributed by atoms with van der Waals surface area (Å²) in [5.74, 6) is -0.224. The SMILES string of the molecule is COC(=O)c1nc(NC(=O)C2(c3ccccc3)CCOCC2)sc1CC(C)C. The van der Waals surface area contributed by atoms with E-state index in [1.807, 2.05) is 30.3 Å². The molecule has 0 radical (unpaired) electrons. The Morgan fingerprint density at radius 1 is 1.25 bits per heavy atom. The molecule has 1 fully saturated rings. The standard InChI is InChI=1S/C21H26N2O4S/c1-14(2)13-16-17(18(24)26-3)22-20(28-16)23-19(25)21(9-11-27-12-10-21)15-7-5-4-6-8-15/h4-8,14H,9-13H2,1-3H3,(H,22,23,25). The first kappa shape index (κ1) is 20.5. The van der Waals surface area contributed by atoms with Crippen molar-refractivity contribution in [3.8, 4) is 0 Å². The molecule has 7 heteroatoms. The molecule has 1 aliphatic rings. The van der Waals surface area contributed by atoms with Gasteiger partial charge in [0, 0.05) is 18.1 Å². The highest BCUT2D eigenvalue weighted by Gasteiger charge is 2.42. The van der Waals surface area contributed by atoms with Gasteiger partial charge in [0.05, 0.1) is 12.5 Å². The van der Waals surface area contributed by atoms with Crippen LogP contribution < -0.4 is 5.32 Å². The molecule has 0 spiro atoms. The van der Waals surface area contributed by atoms with Crippen LogP contribution >= 0.6 is 11.3 Å². The number of nitrogens with zero attached hydrogens (tertiary/aromatic N) is 1. The first-order chi connectivity index (χ1) is 13.5. The van der Waals surface area contributed by atoms with Gasteiger partial charge in [-0.05, 0) is 30.7 Å². The molecule has 1 saturated heterocycles. The lowest BCUT2D eigenvalue weighted by atomic mass is 9.73. The van der Waals surface area contributed by atoms with Crippen LogP contribution in [0, 0.1) is 5.92 Å². The topological polar surface area (TPSA) is 77.5 Å². The van der Waals surface area contributed by atoms with E-state index < -0.39 is 11.4 Å². The summed E-state index contributed by atoms with van der Waals surface area (Å²) in [6.07, 6.45) is 1.92. The minimum absolute atomic E-state index is 0.108. The van der Waals surface area contributed by atoms with Crippen molar-refractivity contribution in [1.82, 2.24) is 4.98 Å². The van der Waals surface area contributed by atoms with E-state index in [2.05, 4.69) is 24.1 Å². The van der Waals surface area contributed by atoms with E-state index in [0.29, 0.717) is 43.5 Å². The Balaban J connectivity index is 1.90. The number of aromatic nitrogens is 1. The molecule has 1 aromatic heterocycles. The van der Waals surface area contributed by atoms with E-state index in [0.717, 1.165) is 10.4 Å². The fourth-order valence-corrected chi connectivity index (χ4v) is 4.67. The van der Waals surface area contributed by atoms with Crippen LogP contribution in [-0.2, 0) is 26.1 Å². The number of esters is 1. The normalized spacial score (nSPS) is 16.0. The average molecular weight is 403 g/mol. The highest BCUT2D eigenvalue weighted by molar-refractivity contribution is 7.16. The molecule has 28 heavy (non-hydrogen) atoms. The number of carbonyl (C=O) groups is 2. The third-order valence-corrected chi connectivity index (χ3v) is 5.99. The molecule has 0 bridgehead atoms. The molecule has 6 nitrogen and oxygen atoms in total. The summed E-state index contributed by atoms with van der Waals surface area (Å²) in [6, 6.07) is 9.79. The van der Waals surface area contributed by atoms with E-state index >= 15 is 0 Å².